The third-order valence-corrected chi connectivity index (χ3v) is 3.56. The monoisotopic (exact) mass is 286 g/mol. The first-order valence-electron chi connectivity index (χ1n) is 7.81. The molecular formula is C18H26N2O. The zero-order valence-corrected chi connectivity index (χ0v) is 13.0. The first-order chi connectivity index (χ1) is 10.3. The summed E-state index contributed by atoms with van der Waals surface area (Å²) in [6.45, 7) is 5.09. The zero-order valence-electron chi connectivity index (χ0n) is 13.0. The summed E-state index contributed by atoms with van der Waals surface area (Å²) in [5, 5.41) is 0. The van der Waals surface area contributed by atoms with E-state index in [0.717, 1.165) is 25.9 Å². The Morgan fingerprint density at radius 1 is 1.19 bits per heavy atom. The smallest absolute Gasteiger partial charge is 0.142 e. The van der Waals surface area contributed by atoms with E-state index in [0.29, 0.717) is 0 Å². The molecule has 3 nitrogen and oxygen atoms in total. The van der Waals surface area contributed by atoms with Gasteiger partial charge in [-0.1, -0.05) is 61.9 Å². The van der Waals surface area contributed by atoms with Crippen LogP contribution in [-0.4, -0.2) is 18.9 Å². The van der Waals surface area contributed by atoms with E-state index in [9.17, 15) is 0 Å². The molecule has 2 atom stereocenters. The van der Waals surface area contributed by atoms with E-state index in [4.69, 9.17) is 4.74 Å². The van der Waals surface area contributed by atoms with Crippen molar-refractivity contribution in [1.82, 2.24) is 10.9 Å². The summed E-state index contributed by atoms with van der Waals surface area (Å²) >= 11 is 0. The van der Waals surface area contributed by atoms with Gasteiger partial charge in [-0.15, -0.1) is 0 Å². The molecule has 0 fully saturated rings. The van der Waals surface area contributed by atoms with Gasteiger partial charge in [0, 0.05) is 6.61 Å². The van der Waals surface area contributed by atoms with Crippen molar-refractivity contribution in [3.8, 4) is 0 Å². The molecule has 0 radical (unpaired) electrons. The van der Waals surface area contributed by atoms with Gasteiger partial charge >= 0.3 is 0 Å². The molecule has 0 aromatic heterocycles. The minimum atomic E-state index is -0.00433. The van der Waals surface area contributed by atoms with Gasteiger partial charge in [-0.2, -0.15) is 0 Å². The Morgan fingerprint density at radius 3 is 2.71 bits per heavy atom. The standard InChI is InChI=1S/C18H26N2O/c1-3-4-13-21-18-15(2)14-17(19-20-18)12-8-11-16-9-6-5-7-10-16/h5-10,12,14,17-20H,3-4,11,13H2,1-2H3/b12-8+. The van der Waals surface area contributed by atoms with Gasteiger partial charge in [0.15, 0.2) is 0 Å². The molecule has 1 aromatic rings. The normalized spacial score (nSPS) is 22.5. The summed E-state index contributed by atoms with van der Waals surface area (Å²) in [4.78, 5) is 0. The highest BCUT2D eigenvalue weighted by Gasteiger charge is 2.17. The highest BCUT2D eigenvalue weighted by atomic mass is 16.5. The number of benzene rings is 1. The molecule has 21 heavy (non-hydrogen) atoms. The number of allylic oxidation sites excluding steroid dienone is 1. The van der Waals surface area contributed by atoms with Crippen LogP contribution in [0.15, 0.2) is 54.1 Å². The van der Waals surface area contributed by atoms with Crippen LogP contribution in [0.2, 0.25) is 0 Å². The summed E-state index contributed by atoms with van der Waals surface area (Å²) < 4.78 is 5.79. The maximum absolute atomic E-state index is 5.79. The lowest BCUT2D eigenvalue weighted by Crippen LogP contribution is -2.51. The maximum atomic E-state index is 5.79. The Kier molecular flexibility index (Phi) is 6.67. The fourth-order valence-electron chi connectivity index (χ4n) is 2.29. The molecular weight excluding hydrogens is 260 g/mol. The van der Waals surface area contributed by atoms with Crippen molar-refractivity contribution in [3.63, 3.8) is 0 Å². The SMILES string of the molecule is CCCCOC1NNC(/C=C/Cc2ccccc2)C=C1C. The van der Waals surface area contributed by atoms with Gasteiger partial charge in [-0.25, -0.2) is 10.9 Å². The molecule has 0 saturated carbocycles. The predicted molar refractivity (Wildman–Crippen MR) is 87.8 cm³/mol. The van der Waals surface area contributed by atoms with Crippen LogP contribution in [0, 0.1) is 0 Å². The van der Waals surface area contributed by atoms with Gasteiger partial charge in [0.2, 0.25) is 0 Å². The molecule has 3 heteroatoms. The van der Waals surface area contributed by atoms with Gasteiger partial charge in [0.25, 0.3) is 0 Å². The molecule has 1 aliphatic heterocycles. The average Bonchev–Trinajstić information content (AvgIpc) is 2.51. The third kappa shape index (κ3) is 5.46. The zero-order chi connectivity index (χ0) is 14.9. The molecule has 0 saturated heterocycles. The van der Waals surface area contributed by atoms with Crippen LogP contribution in [0.1, 0.15) is 32.3 Å². The van der Waals surface area contributed by atoms with Crippen LogP contribution in [0.3, 0.4) is 0 Å². The Morgan fingerprint density at radius 2 is 2.00 bits per heavy atom. The van der Waals surface area contributed by atoms with Crippen LogP contribution < -0.4 is 10.9 Å². The number of ether oxygens (including phenoxy) is 1. The minimum Gasteiger partial charge on any atom is -0.358 e. The fourth-order valence-corrected chi connectivity index (χ4v) is 2.29. The van der Waals surface area contributed by atoms with E-state index in [2.05, 4.69) is 67.2 Å². The van der Waals surface area contributed by atoms with Crippen molar-refractivity contribution in [2.24, 2.45) is 0 Å². The molecule has 0 bridgehead atoms. The van der Waals surface area contributed by atoms with Crippen molar-refractivity contribution in [2.75, 3.05) is 6.61 Å². The van der Waals surface area contributed by atoms with Gasteiger partial charge in [-0.05, 0) is 30.9 Å². The van der Waals surface area contributed by atoms with Gasteiger partial charge < -0.3 is 4.74 Å². The molecule has 1 aliphatic rings. The minimum absolute atomic E-state index is 0.00433. The van der Waals surface area contributed by atoms with E-state index in [-0.39, 0.29) is 12.3 Å². The molecule has 2 unspecified atom stereocenters. The Labute approximate surface area is 128 Å². The number of rotatable bonds is 7. The Bertz CT molecular complexity index is 467. The van der Waals surface area contributed by atoms with Crippen LogP contribution in [-0.2, 0) is 11.2 Å². The van der Waals surface area contributed by atoms with Crippen molar-refractivity contribution in [1.29, 1.82) is 0 Å². The first kappa shape index (κ1) is 16.0. The van der Waals surface area contributed by atoms with Crippen molar-refractivity contribution in [3.05, 3.63) is 59.7 Å². The second-order valence-corrected chi connectivity index (χ2v) is 5.45. The molecule has 2 N–H and O–H groups in total. The van der Waals surface area contributed by atoms with Crippen molar-refractivity contribution < 1.29 is 4.74 Å². The van der Waals surface area contributed by atoms with E-state index < -0.39 is 0 Å². The Hall–Kier alpha value is -1.42. The largest absolute Gasteiger partial charge is 0.358 e. The van der Waals surface area contributed by atoms with E-state index >= 15 is 0 Å². The van der Waals surface area contributed by atoms with Crippen LogP contribution in [0.4, 0.5) is 0 Å². The fraction of sp³-hybridized carbons (Fsp3) is 0.444. The lowest BCUT2D eigenvalue weighted by molar-refractivity contribution is 0.0364. The van der Waals surface area contributed by atoms with Gasteiger partial charge in [0.05, 0.1) is 6.04 Å². The highest BCUT2D eigenvalue weighted by molar-refractivity contribution is 5.21. The molecule has 1 heterocycles. The lowest BCUT2D eigenvalue weighted by atomic mass is 10.1. The number of hydrazine groups is 1. The van der Waals surface area contributed by atoms with E-state index in [1.54, 1.807) is 0 Å². The molecule has 0 amide bonds. The molecule has 0 spiro atoms. The Balaban J connectivity index is 1.80. The number of hydrogen-bond donors (Lipinski definition) is 2. The summed E-state index contributed by atoms with van der Waals surface area (Å²) in [7, 11) is 0. The van der Waals surface area contributed by atoms with Crippen molar-refractivity contribution >= 4 is 0 Å². The topological polar surface area (TPSA) is 33.3 Å². The van der Waals surface area contributed by atoms with Crippen molar-refractivity contribution in [2.45, 2.75) is 45.4 Å². The first-order valence-corrected chi connectivity index (χ1v) is 7.81. The maximum Gasteiger partial charge on any atom is 0.142 e. The van der Waals surface area contributed by atoms with E-state index in [1.165, 1.54) is 11.1 Å². The molecule has 1 aromatic carbocycles. The predicted octanol–water partition coefficient (Wildman–Crippen LogP) is 3.35. The summed E-state index contributed by atoms with van der Waals surface area (Å²) in [6, 6.07) is 10.7. The van der Waals surface area contributed by atoms with E-state index in [1.807, 2.05) is 6.07 Å². The highest BCUT2D eigenvalue weighted by Crippen LogP contribution is 2.11. The molecule has 2 rings (SSSR count). The van der Waals surface area contributed by atoms with Gasteiger partial charge in [-0.3, -0.25) is 0 Å². The number of hydrogen-bond acceptors (Lipinski definition) is 3. The van der Waals surface area contributed by atoms with Crippen LogP contribution >= 0.6 is 0 Å². The number of nitrogens with one attached hydrogen (secondary N) is 2. The summed E-state index contributed by atoms with van der Waals surface area (Å²) in [5.41, 5.74) is 9.08. The number of unbranched alkanes of at least 4 members (excludes halogenated alkanes) is 1. The molecule has 114 valence electrons. The lowest BCUT2D eigenvalue weighted by Gasteiger charge is -2.28. The van der Waals surface area contributed by atoms with Gasteiger partial charge in [0.1, 0.15) is 6.23 Å². The second-order valence-electron chi connectivity index (χ2n) is 5.45. The molecule has 0 aliphatic carbocycles. The quantitative estimate of drug-likeness (QED) is 0.596. The van der Waals surface area contributed by atoms with Crippen LogP contribution in [0.25, 0.3) is 0 Å². The second kappa shape index (κ2) is 8.78. The summed E-state index contributed by atoms with van der Waals surface area (Å²) in [6.07, 6.45) is 9.83. The van der Waals surface area contributed by atoms with Crippen LogP contribution in [0.5, 0.6) is 0 Å². The summed E-state index contributed by atoms with van der Waals surface area (Å²) in [5.74, 6) is 0. The average molecular weight is 286 g/mol. The third-order valence-electron chi connectivity index (χ3n) is 3.56.